The van der Waals surface area contributed by atoms with Crippen LogP contribution in [0.25, 0.3) is 11.1 Å². The molecule has 18 heavy (non-hydrogen) atoms. The predicted molar refractivity (Wildman–Crippen MR) is 68.5 cm³/mol. The first-order chi connectivity index (χ1) is 8.58. The summed E-state index contributed by atoms with van der Waals surface area (Å²) in [5.74, 6) is -0.139. The van der Waals surface area contributed by atoms with Crippen LogP contribution in [0, 0.1) is 5.92 Å². The molecular weight excluding hydrogens is 230 g/mol. The van der Waals surface area contributed by atoms with Gasteiger partial charge in [-0.25, -0.2) is 4.98 Å². The zero-order chi connectivity index (χ0) is 13.1. The fraction of sp³-hybridized carbons (Fsp3) is 0.429. The lowest BCUT2D eigenvalue weighted by molar-refractivity contribution is -0.137. The monoisotopic (exact) mass is 247 g/mol. The van der Waals surface area contributed by atoms with Crippen LogP contribution in [-0.2, 0) is 17.6 Å². The standard InChI is InChI=1S/C14H17NO3/c1-3-10-4-5-12-11(8-10)15-13(18-12)6-9(2)7-14(16)17/h4-5,8-9H,3,6-7H2,1-2H3,(H,16,17). The fourth-order valence-electron chi connectivity index (χ4n) is 2.00. The minimum atomic E-state index is -0.785. The van der Waals surface area contributed by atoms with Crippen molar-refractivity contribution in [2.24, 2.45) is 5.92 Å². The third-order valence-electron chi connectivity index (χ3n) is 2.95. The van der Waals surface area contributed by atoms with Crippen molar-refractivity contribution in [2.45, 2.75) is 33.1 Å². The Kier molecular flexibility index (Phi) is 3.65. The molecule has 0 aliphatic carbocycles. The highest BCUT2D eigenvalue weighted by Crippen LogP contribution is 2.20. The van der Waals surface area contributed by atoms with E-state index in [9.17, 15) is 4.79 Å². The highest BCUT2D eigenvalue weighted by molar-refractivity contribution is 5.73. The first-order valence-electron chi connectivity index (χ1n) is 6.18. The highest BCUT2D eigenvalue weighted by Gasteiger charge is 2.13. The van der Waals surface area contributed by atoms with Gasteiger partial charge in [0.05, 0.1) is 0 Å². The zero-order valence-electron chi connectivity index (χ0n) is 10.6. The summed E-state index contributed by atoms with van der Waals surface area (Å²) in [6.07, 6.45) is 1.66. The summed E-state index contributed by atoms with van der Waals surface area (Å²) in [5, 5.41) is 8.72. The molecule has 0 radical (unpaired) electrons. The van der Waals surface area contributed by atoms with Gasteiger partial charge in [0.25, 0.3) is 0 Å². The van der Waals surface area contributed by atoms with Crippen molar-refractivity contribution in [1.29, 1.82) is 0 Å². The van der Waals surface area contributed by atoms with E-state index >= 15 is 0 Å². The lowest BCUT2D eigenvalue weighted by Crippen LogP contribution is -2.07. The number of fused-ring (bicyclic) bond motifs is 1. The Hall–Kier alpha value is -1.84. The molecule has 2 aromatic rings. The third kappa shape index (κ3) is 2.88. The number of hydrogen-bond donors (Lipinski definition) is 1. The molecule has 1 aromatic heterocycles. The van der Waals surface area contributed by atoms with Gasteiger partial charge in [-0.2, -0.15) is 0 Å². The summed E-state index contributed by atoms with van der Waals surface area (Å²) >= 11 is 0. The Morgan fingerprint density at radius 3 is 2.94 bits per heavy atom. The Morgan fingerprint density at radius 2 is 2.28 bits per heavy atom. The number of carbonyl (C=O) groups is 1. The zero-order valence-corrected chi connectivity index (χ0v) is 10.6. The van der Waals surface area contributed by atoms with Crippen LogP contribution in [0.2, 0.25) is 0 Å². The van der Waals surface area contributed by atoms with Crippen molar-refractivity contribution in [1.82, 2.24) is 4.98 Å². The van der Waals surface area contributed by atoms with E-state index in [2.05, 4.69) is 11.9 Å². The summed E-state index contributed by atoms with van der Waals surface area (Å²) < 4.78 is 5.62. The lowest BCUT2D eigenvalue weighted by Gasteiger charge is -2.03. The fourth-order valence-corrected chi connectivity index (χ4v) is 2.00. The van der Waals surface area contributed by atoms with Gasteiger partial charge in [0.1, 0.15) is 5.52 Å². The molecule has 0 aliphatic heterocycles. The molecule has 1 heterocycles. The number of aryl methyl sites for hydroxylation is 1. The molecule has 0 saturated carbocycles. The number of aromatic nitrogens is 1. The largest absolute Gasteiger partial charge is 0.481 e. The van der Waals surface area contributed by atoms with E-state index in [1.165, 1.54) is 5.56 Å². The normalized spacial score (nSPS) is 12.8. The average Bonchev–Trinajstić information content (AvgIpc) is 2.68. The van der Waals surface area contributed by atoms with Gasteiger partial charge in [0.15, 0.2) is 11.5 Å². The number of carboxylic acids is 1. The molecule has 0 fully saturated rings. The first kappa shape index (κ1) is 12.6. The Bertz CT molecular complexity index is 559. The van der Waals surface area contributed by atoms with Gasteiger partial charge in [0, 0.05) is 12.8 Å². The molecule has 1 unspecified atom stereocenters. The van der Waals surface area contributed by atoms with Gasteiger partial charge in [-0.05, 0) is 30.0 Å². The van der Waals surface area contributed by atoms with Crippen LogP contribution in [-0.4, -0.2) is 16.1 Å². The van der Waals surface area contributed by atoms with Gasteiger partial charge in [-0.1, -0.05) is 19.9 Å². The third-order valence-corrected chi connectivity index (χ3v) is 2.95. The Balaban J connectivity index is 2.17. The van der Waals surface area contributed by atoms with E-state index in [0.717, 1.165) is 17.5 Å². The predicted octanol–water partition coefficient (Wildman–Crippen LogP) is 3.04. The molecular formula is C14H17NO3. The molecule has 4 nitrogen and oxygen atoms in total. The molecule has 0 spiro atoms. The summed E-state index contributed by atoms with van der Waals surface area (Å²) in [4.78, 5) is 15.0. The molecule has 0 amide bonds. The smallest absolute Gasteiger partial charge is 0.303 e. The number of hydrogen-bond acceptors (Lipinski definition) is 3. The first-order valence-corrected chi connectivity index (χ1v) is 6.18. The molecule has 4 heteroatoms. The van der Waals surface area contributed by atoms with E-state index < -0.39 is 5.97 Å². The van der Waals surface area contributed by atoms with E-state index in [1.807, 2.05) is 25.1 Å². The lowest BCUT2D eigenvalue weighted by atomic mass is 10.0. The van der Waals surface area contributed by atoms with Crippen molar-refractivity contribution in [3.05, 3.63) is 29.7 Å². The second-order valence-corrected chi connectivity index (χ2v) is 4.67. The van der Waals surface area contributed by atoms with Crippen LogP contribution in [0.15, 0.2) is 22.6 Å². The topological polar surface area (TPSA) is 63.3 Å². The average molecular weight is 247 g/mol. The van der Waals surface area contributed by atoms with Crippen LogP contribution in [0.5, 0.6) is 0 Å². The molecule has 0 bridgehead atoms. The Morgan fingerprint density at radius 1 is 1.50 bits per heavy atom. The highest BCUT2D eigenvalue weighted by atomic mass is 16.4. The SMILES string of the molecule is CCc1ccc2oc(CC(C)CC(=O)O)nc2c1. The summed E-state index contributed by atoms with van der Waals surface area (Å²) in [5.41, 5.74) is 2.84. The molecule has 0 aliphatic rings. The van der Waals surface area contributed by atoms with Gasteiger partial charge >= 0.3 is 5.97 Å². The summed E-state index contributed by atoms with van der Waals surface area (Å²) in [6, 6.07) is 5.97. The second-order valence-electron chi connectivity index (χ2n) is 4.67. The van der Waals surface area contributed by atoms with Crippen molar-refractivity contribution in [3.8, 4) is 0 Å². The maximum atomic E-state index is 10.6. The molecule has 1 N–H and O–H groups in total. The number of carboxylic acid groups (broad SMARTS) is 1. The summed E-state index contributed by atoms with van der Waals surface area (Å²) in [6.45, 7) is 3.98. The van der Waals surface area contributed by atoms with Crippen LogP contribution in [0.1, 0.15) is 31.7 Å². The van der Waals surface area contributed by atoms with E-state index in [4.69, 9.17) is 9.52 Å². The van der Waals surface area contributed by atoms with Crippen molar-refractivity contribution >= 4 is 17.1 Å². The maximum absolute atomic E-state index is 10.6. The van der Waals surface area contributed by atoms with Gasteiger partial charge < -0.3 is 9.52 Å². The van der Waals surface area contributed by atoms with E-state index in [0.29, 0.717) is 12.3 Å². The van der Waals surface area contributed by atoms with Crippen LogP contribution in [0.4, 0.5) is 0 Å². The number of aliphatic carboxylic acids is 1. The molecule has 1 aromatic carbocycles. The van der Waals surface area contributed by atoms with Crippen LogP contribution < -0.4 is 0 Å². The quantitative estimate of drug-likeness (QED) is 0.882. The van der Waals surface area contributed by atoms with Gasteiger partial charge in [-0.3, -0.25) is 4.79 Å². The van der Waals surface area contributed by atoms with Crippen molar-refractivity contribution in [3.63, 3.8) is 0 Å². The van der Waals surface area contributed by atoms with Crippen LogP contribution in [0.3, 0.4) is 0 Å². The van der Waals surface area contributed by atoms with E-state index in [-0.39, 0.29) is 12.3 Å². The number of nitrogens with zero attached hydrogens (tertiary/aromatic N) is 1. The number of benzene rings is 1. The van der Waals surface area contributed by atoms with Crippen molar-refractivity contribution < 1.29 is 14.3 Å². The van der Waals surface area contributed by atoms with Gasteiger partial charge in [-0.15, -0.1) is 0 Å². The molecule has 96 valence electrons. The second kappa shape index (κ2) is 5.21. The van der Waals surface area contributed by atoms with Gasteiger partial charge in [0.2, 0.25) is 0 Å². The molecule has 1 atom stereocenters. The number of rotatable bonds is 5. The number of oxazole rings is 1. The minimum absolute atomic E-state index is 0.0289. The minimum Gasteiger partial charge on any atom is -0.481 e. The molecule has 0 saturated heterocycles. The molecule has 2 rings (SSSR count). The van der Waals surface area contributed by atoms with E-state index in [1.54, 1.807) is 0 Å². The summed E-state index contributed by atoms with van der Waals surface area (Å²) in [7, 11) is 0. The van der Waals surface area contributed by atoms with Crippen LogP contribution >= 0.6 is 0 Å². The Labute approximate surface area is 106 Å². The maximum Gasteiger partial charge on any atom is 0.303 e. The van der Waals surface area contributed by atoms with Crippen molar-refractivity contribution in [2.75, 3.05) is 0 Å².